The maximum absolute atomic E-state index is 12.3. The van der Waals surface area contributed by atoms with Gasteiger partial charge in [0, 0.05) is 0 Å². The summed E-state index contributed by atoms with van der Waals surface area (Å²) >= 11 is 2.96. The Morgan fingerprint density at radius 1 is 1.75 bits per heavy atom. The first-order valence-electron chi connectivity index (χ1n) is 2.28. The molecule has 0 bridgehead atoms. The van der Waals surface area contributed by atoms with E-state index in [0.717, 1.165) is 0 Å². The first kappa shape index (κ1) is 7.95. The summed E-state index contributed by atoms with van der Waals surface area (Å²) in [6.07, 6.45) is 1.37. The molecule has 0 N–H and O–H groups in total. The van der Waals surface area contributed by atoms with Crippen LogP contribution in [0.5, 0.6) is 0 Å². The van der Waals surface area contributed by atoms with Gasteiger partial charge in [-0.25, -0.2) is 4.39 Å². The molecule has 0 atom stereocenters. The standard InChI is InChI=1S/C5H7BBrF/c1-4(6)5(8)2-3-7/h2-3H,6H2,1H3/b3-2+,5-4-. The first-order valence-corrected chi connectivity index (χ1v) is 3.19. The Labute approximate surface area is 58.0 Å². The van der Waals surface area contributed by atoms with Crippen molar-refractivity contribution in [2.45, 2.75) is 6.92 Å². The molecule has 0 aromatic rings. The molecule has 44 valence electrons. The SMILES string of the molecule is B/C(C)=C(F)/C=C/Br. The summed E-state index contributed by atoms with van der Waals surface area (Å²) in [7, 11) is 1.72. The van der Waals surface area contributed by atoms with Gasteiger partial charge in [0.05, 0.1) is 0 Å². The molecule has 0 saturated heterocycles. The third-order valence-corrected chi connectivity index (χ3v) is 0.951. The van der Waals surface area contributed by atoms with Gasteiger partial charge >= 0.3 is 0 Å². The molecular formula is C5H7BBrF. The molecule has 0 radical (unpaired) electrons. The smallest absolute Gasteiger partial charge is 0.137 e. The van der Waals surface area contributed by atoms with Gasteiger partial charge in [-0.1, -0.05) is 21.4 Å². The topological polar surface area (TPSA) is 0 Å². The van der Waals surface area contributed by atoms with Gasteiger partial charge in [0.2, 0.25) is 0 Å². The van der Waals surface area contributed by atoms with E-state index in [2.05, 4.69) is 15.9 Å². The molecule has 0 unspecified atom stereocenters. The van der Waals surface area contributed by atoms with Crippen molar-refractivity contribution < 1.29 is 4.39 Å². The molecule has 0 heterocycles. The summed E-state index contributed by atoms with van der Waals surface area (Å²) in [6.45, 7) is 1.72. The Morgan fingerprint density at radius 3 is 2.38 bits per heavy atom. The highest BCUT2D eigenvalue weighted by atomic mass is 79.9. The second-order valence-electron chi connectivity index (χ2n) is 1.64. The molecule has 0 fully saturated rings. The van der Waals surface area contributed by atoms with Crippen molar-refractivity contribution in [1.82, 2.24) is 0 Å². The molecule has 0 aromatic heterocycles. The van der Waals surface area contributed by atoms with E-state index in [1.54, 1.807) is 14.8 Å². The molecule has 0 aliphatic rings. The maximum atomic E-state index is 12.3. The van der Waals surface area contributed by atoms with Gasteiger partial charge in [-0.3, -0.25) is 0 Å². The molecule has 0 aromatic carbocycles. The Hall–Kier alpha value is -0.0451. The average Bonchev–Trinajstić information content (AvgIpc) is 1.67. The summed E-state index contributed by atoms with van der Waals surface area (Å²) in [5.41, 5.74) is 0.695. The lowest BCUT2D eigenvalue weighted by Gasteiger charge is -1.86. The average molecular weight is 177 g/mol. The van der Waals surface area contributed by atoms with Crippen LogP contribution in [0.1, 0.15) is 6.92 Å². The fourth-order valence-corrected chi connectivity index (χ4v) is 0.454. The van der Waals surface area contributed by atoms with Gasteiger partial charge in [0.25, 0.3) is 0 Å². The minimum Gasteiger partial charge on any atom is -0.208 e. The van der Waals surface area contributed by atoms with Crippen molar-refractivity contribution in [3.8, 4) is 0 Å². The quantitative estimate of drug-likeness (QED) is 0.422. The molecule has 0 aliphatic heterocycles. The predicted molar refractivity (Wildman–Crippen MR) is 40.4 cm³/mol. The van der Waals surface area contributed by atoms with Crippen LogP contribution in [0.3, 0.4) is 0 Å². The second-order valence-corrected chi connectivity index (χ2v) is 2.17. The Bertz CT molecular complexity index is 124. The number of hydrogen-bond acceptors (Lipinski definition) is 0. The second kappa shape index (κ2) is 3.90. The normalized spacial score (nSPS) is 14.4. The highest BCUT2D eigenvalue weighted by Crippen LogP contribution is 2.04. The van der Waals surface area contributed by atoms with Crippen LogP contribution in [-0.4, -0.2) is 7.85 Å². The van der Waals surface area contributed by atoms with Crippen molar-refractivity contribution in [3.05, 3.63) is 22.4 Å². The van der Waals surface area contributed by atoms with Crippen LogP contribution in [0.4, 0.5) is 4.39 Å². The van der Waals surface area contributed by atoms with Gasteiger partial charge in [-0.05, 0) is 18.0 Å². The predicted octanol–water partition coefficient (Wildman–Crippen LogP) is 1.73. The summed E-state index contributed by atoms with van der Waals surface area (Å²) in [4.78, 5) is 1.50. The molecule has 8 heavy (non-hydrogen) atoms. The minimum atomic E-state index is -0.179. The lowest BCUT2D eigenvalue weighted by molar-refractivity contribution is 0.662. The fraction of sp³-hybridized carbons (Fsp3) is 0.200. The largest absolute Gasteiger partial charge is 0.208 e. The van der Waals surface area contributed by atoms with Crippen LogP contribution < -0.4 is 0 Å². The minimum absolute atomic E-state index is 0.179. The van der Waals surface area contributed by atoms with Crippen LogP contribution in [0.15, 0.2) is 22.4 Å². The highest BCUT2D eigenvalue weighted by molar-refractivity contribution is 9.11. The molecule has 0 aliphatic carbocycles. The van der Waals surface area contributed by atoms with E-state index in [4.69, 9.17) is 0 Å². The van der Waals surface area contributed by atoms with Gasteiger partial charge in [-0.15, -0.1) is 0 Å². The van der Waals surface area contributed by atoms with Gasteiger partial charge < -0.3 is 0 Å². The van der Waals surface area contributed by atoms with E-state index in [-0.39, 0.29) is 5.83 Å². The van der Waals surface area contributed by atoms with Crippen molar-refractivity contribution in [1.29, 1.82) is 0 Å². The monoisotopic (exact) mass is 176 g/mol. The Kier molecular flexibility index (Phi) is 3.88. The van der Waals surface area contributed by atoms with Gasteiger partial charge in [-0.2, -0.15) is 0 Å². The summed E-state index contributed by atoms with van der Waals surface area (Å²) < 4.78 is 12.3. The molecular weight excluding hydrogens is 170 g/mol. The zero-order chi connectivity index (χ0) is 6.57. The molecule has 3 heteroatoms. The van der Waals surface area contributed by atoms with Crippen LogP contribution in [0.25, 0.3) is 0 Å². The zero-order valence-corrected chi connectivity index (χ0v) is 6.50. The Morgan fingerprint density at radius 2 is 2.25 bits per heavy atom. The summed E-state index contributed by atoms with van der Waals surface area (Å²) in [5.74, 6) is -0.179. The number of rotatable bonds is 1. The van der Waals surface area contributed by atoms with E-state index in [0.29, 0.717) is 5.47 Å². The van der Waals surface area contributed by atoms with Crippen LogP contribution in [0.2, 0.25) is 0 Å². The number of allylic oxidation sites excluding steroid dienone is 3. The van der Waals surface area contributed by atoms with Crippen LogP contribution in [0, 0.1) is 0 Å². The van der Waals surface area contributed by atoms with Crippen LogP contribution in [-0.2, 0) is 0 Å². The van der Waals surface area contributed by atoms with E-state index >= 15 is 0 Å². The van der Waals surface area contributed by atoms with Gasteiger partial charge in [0.1, 0.15) is 13.7 Å². The molecule has 0 saturated carbocycles. The van der Waals surface area contributed by atoms with Crippen molar-refractivity contribution in [3.63, 3.8) is 0 Å². The fourth-order valence-electron chi connectivity index (χ4n) is 0.222. The summed E-state index contributed by atoms with van der Waals surface area (Å²) in [5, 5.41) is 0. The third kappa shape index (κ3) is 3.02. The first-order chi connectivity index (χ1) is 3.68. The van der Waals surface area contributed by atoms with Crippen molar-refractivity contribution in [2.75, 3.05) is 0 Å². The van der Waals surface area contributed by atoms with Gasteiger partial charge in [0.15, 0.2) is 0 Å². The lowest BCUT2D eigenvalue weighted by Crippen LogP contribution is -1.74. The third-order valence-electron chi connectivity index (χ3n) is 0.687. The maximum Gasteiger partial charge on any atom is 0.137 e. The van der Waals surface area contributed by atoms with Crippen molar-refractivity contribution >= 4 is 23.8 Å². The number of hydrogen-bond donors (Lipinski definition) is 0. The lowest BCUT2D eigenvalue weighted by atomic mass is 9.97. The summed E-state index contributed by atoms with van der Waals surface area (Å²) in [6, 6.07) is 0. The van der Waals surface area contributed by atoms with E-state index < -0.39 is 0 Å². The molecule has 0 spiro atoms. The van der Waals surface area contributed by atoms with E-state index in [1.807, 2.05) is 0 Å². The highest BCUT2D eigenvalue weighted by Gasteiger charge is 1.86. The zero-order valence-electron chi connectivity index (χ0n) is 4.91. The van der Waals surface area contributed by atoms with Crippen LogP contribution >= 0.6 is 15.9 Å². The van der Waals surface area contributed by atoms with E-state index in [1.165, 1.54) is 11.1 Å². The molecule has 0 amide bonds. The molecule has 0 nitrogen and oxygen atoms in total. The molecule has 0 rings (SSSR count). The van der Waals surface area contributed by atoms with Crippen molar-refractivity contribution in [2.24, 2.45) is 0 Å². The number of halogens is 2. The van der Waals surface area contributed by atoms with E-state index in [9.17, 15) is 4.39 Å². The Balaban J connectivity index is 4.00.